The third-order valence-corrected chi connectivity index (χ3v) is 2.73. The molecule has 1 aromatic rings. The third kappa shape index (κ3) is 2.99. The second kappa shape index (κ2) is 4.88. The van der Waals surface area contributed by atoms with E-state index in [0.29, 0.717) is 6.61 Å². The van der Waals surface area contributed by atoms with E-state index in [1.165, 1.54) is 5.56 Å². The molecule has 0 aliphatic heterocycles. The lowest BCUT2D eigenvalue weighted by Crippen LogP contribution is -2.26. The van der Waals surface area contributed by atoms with Gasteiger partial charge in [-0.05, 0) is 25.3 Å². The lowest BCUT2D eigenvalue weighted by Gasteiger charge is -2.29. The molecule has 0 radical (unpaired) electrons. The van der Waals surface area contributed by atoms with Gasteiger partial charge in [0.1, 0.15) is 5.75 Å². The van der Waals surface area contributed by atoms with Crippen LogP contribution in [-0.4, -0.2) is 6.61 Å². The van der Waals surface area contributed by atoms with Crippen molar-refractivity contribution < 1.29 is 4.74 Å². The quantitative estimate of drug-likeness (QED) is 0.848. The molecule has 0 saturated heterocycles. The molecule has 90 valence electrons. The summed E-state index contributed by atoms with van der Waals surface area (Å²) >= 11 is 0. The Morgan fingerprint density at radius 1 is 1.31 bits per heavy atom. The van der Waals surface area contributed by atoms with Gasteiger partial charge in [-0.1, -0.05) is 38.5 Å². The van der Waals surface area contributed by atoms with Crippen molar-refractivity contribution >= 4 is 0 Å². The summed E-state index contributed by atoms with van der Waals surface area (Å²) in [4.78, 5) is 0. The zero-order valence-corrected chi connectivity index (χ0v) is 11.0. The van der Waals surface area contributed by atoms with Crippen molar-refractivity contribution in [1.82, 2.24) is 0 Å². The Balaban J connectivity index is 3.14. The van der Waals surface area contributed by atoms with E-state index in [0.717, 1.165) is 11.3 Å². The van der Waals surface area contributed by atoms with Gasteiger partial charge >= 0.3 is 0 Å². The van der Waals surface area contributed by atoms with Crippen molar-refractivity contribution in [3.63, 3.8) is 0 Å². The van der Waals surface area contributed by atoms with E-state index in [1.54, 1.807) is 0 Å². The number of rotatable bonds is 3. The molecule has 0 saturated carbocycles. The summed E-state index contributed by atoms with van der Waals surface area (Å²) in [6.07, 6.45) is 0. The van der Waals surface area contributed by atoms with Crippen molar-refractivity contribution in [2.45, 2.75) is 40.7 Å². The fourth-order valence-corrected chi connectivity index (χ4v) is 1.66. The summed E-state index contributed by atoms with van der Waals surface area (Å²) < 4.78 is 5.63. The van der Waals surface area contributed by atoms with Gasteiger partial charge in [-0.2, -0.15) is 0 Å². The minimum Gasteiger partial charge on any atom is -0.494 e. The first kappa shape index (κ1) is 13.0. The fraction of sp³-hybridized carbons (Fsp3) is 0.571. The first-order valence-electron chi connectivity index (χ1n) is 5.85. The maximum atomic E-state index is 6.29. The van der Waals surface area contributed by atoms with Crippen molar-refractivity contribution in [2.24, 2.45) is 11.1 Å². The van der Waals surface area contributed by atoms with Gasteiger partial charge in [0.2, 0.25) is 0 Å². The molecule has 0 amide bonds. The Labute approximate surface area is 98.8 Å². The summed E-state index contributed by atoms with van der Waals surface area (Å²) in [5.74, 6) is 0.913. The number of nitrogens with two attached hydrogens (primary N) is 1. The van der Waals surface area contributed by atoms with E-state index >= 15 is 0 Å². The normalized spacial score (nSPS) is 13.6. The molecule has 0 heterocycles. The number of hydrogen-bond acceptors (Lipinski definition) is 2. The monoisotopic (exact) mass is 221 g/mol. The van der Waals surface area contributed by atoms with Crippen LogP contribution < -0.4 is 10.5 Å². The van der Waals surface area contributed by atoms with Gasteiger partial charge in [-0.15, -0.1) is 0 Å². The standard InChI is InChI=1S/C14H23NO/c1-6-16-12-8-7-10(2)9-11(12)13(15)14(3,4)5/h7-9,13H,6,15H2,1-5H3. The zero-order valence-electron chi connectivity index (χ0n) is 11.0. The zero-order chi connectivity index (χ0) is 12.3. The highest BCUT2D eigenvalue weighted by molar-refractivity contribution is 5.39. The van der Waals surface area contributed by atoms with Crippen LogP contribution in [0.25, 0.3) is 0 Å². The van der Waals surface area contributed by atoms with E-state index in [2.05, 4.69) is 39.8 Å². The van der Waals surface area contributed by atoms with Crippen LogP contribution in [0.1, 0.15) is 44.9 Å². The first-order chi connectivity index (χ1) is 7.36. The summed E-state index contributed by atoms with van der Waals surface area (Å²) in [5.41, 5.74) is 8.66. The number of ether oxygens (including phenoxy) is 1. The molecule has 1 aromatic carbocycles. The summed E-state index contributed by atoms with van der Waals surface area (Å²) in [6.45, 7) is 11.2. The highest BCUT2D eigenvalue weighted by Gasteiger charge is 2.25. The topological polar surface area (TPSA) is 35.2 Å². The second-order valence-corrected chi connectivity index (χ2v) is 5.32. The lowest BCUT2D eigenvalue weighted by atomic mass is 9.82. The minimum absolute atomic E-state index is 0.00560. The van der Waals surface area contributed by atoms with Gasteiger partial charge in [-0.3, -0.25) is 0 Å². The van der Waals surface area contributed by atoms with Crippen molar-refractivity contribution in [3.05, 3.63) is 29.3 Å². The minimum atomic E-state index is -0.00560. The fourth-order valence-electron chi connectivity index (χ4n) is 1.66. The molecule has 2 N–H and O–H groups in total. The number of benzene rings is 1. The Morgan fingerprint density at radius 3 is 2.44 bits per heavy atom. The molecule has 2 nitrogen and oxygen atoms in total. The predicted octanol–water partition coefficient (Wildman–Crippen LogP) is 3.44. The Morgan fingerprint density at radius 2 is 1.94 bits per heavy atom. The van der Waals surface area contributed by atoms with Gasteiger partial charge in [0.25, 0.3) is 0 Å². The average molecular weight is 221 g/mol. The van der Waals surface area contributed by atoms with E-state index < -0.39 is 0 Å². The molecule has 0 aliphatic carbocycles. The Bertz CT molecular complexity index is 352. The number of hydrogen-bond donors (Lipinski definition) is 1. The van der Waals surface area contributed by atoms with Crippen LogP contribution in [-0.2, 0) is 0 Å². The molecule has 0 aliphatic rings. The van der Waals surface area contributed by atoms with Gasteiger partial charge in [0.05, 0.1) is 6.61 Å². The average Bonchev–Trinajstić information content (AvgIpc) is 2.18. The molecule has 0 bridgehead atoms. The SMILES string of the molecule is CCOc1ccc(C)cc1C(N)C(C)(C)C. The maximum absolute atomic E-state index is 6.29. The second-order valence-electron chi connectivity index (χ2n) is 5.32. The third-order valence-electron chi connectivity index (χ3n) is 2.73. The number of aryl methyl sites for hydroxylation is 1. The highest BCUT2D eigenvalue weighted by Crippen LogP contribution is 2.36. The van der Waals surface area contributed by atoms with Crippen molar-refractivity contribution in [3.8, 4) is 5.75 Å². The van der Waals surface area contributed by atoms with Crippen molar-refractivity contribution in [1.29, 1.82) is 0 Å². The van der Waals surface area contributed by atoms with Crippen LogP contribution in [0.15, 0.2) is 18.2 Å². The van der Waals surface area contributed by atoms with Crippen molar-refractivity contribution in [2.75, 3.05) is 6.61 Å². The van der Waals surface area contributed by atoms with E-state index in [4.69, 9.17) is 10.5 Å². The first-order valence-corrected chi connectivity index (χ1v) is 5.85. The molecule has 0 spiro atoms. The van der Waals surface area contributed by atoms with Gasteiger partial charge in [-0.25, -0.2) is 0 Å². The van der Waals surface area contributed by atoms with Crippen LogP contribution in [0.2, 0.25) is 0 Å². The van der Waals surface area contributed by atoms with E-state index in [-0.39, 0.29) is 11.5 Å². The maximum Gasteiger partial charge on any atom is 0.124 e. The van der Waals surface area contributed by atoms with Crippen LogP contribution in [0.4, 0.5) is 0 Å². The highest BCUT2D eigenvalue weighted by atomic mass is 16.5. The Hall–Kier alpha value is -1.02. The van der Waals surface area contributed by atoms with Gasteiger partial charge in [0.15, 0.2) is 0 Å². The van der Waals surface area contributed by atoms with Crippen LogP contribution in [0.3, 0.4) is 0 Å². The molecule has 0 aromatic heterocycles. The molecular weight excluding hydrogens is 198 g/mol. The lowest BCUT2D eigenvalue weighted by molar-refractivity contribution is 0.298. The Kier molecular flexibility index (Phi) is 3.98. The van der Waals surface area contributed by atoms with E-state index in [1.807, 2.05) is 13.0 Å². The summed E-state index contributed by atoms with van der Waals surface area (Å²) in [5, 5.41) is 0. The molecule has 16 heavy (non-hydrogen) atoms. The molecule has 1 unspecified atom stereocenters. The van der Waals surface area contributed by atoms with Gasteiger partial charge < -0.3 is 10.5 Å². The predicted molar refractivity (Wildman–Crippen MR) is 68.7 cm³/mol. The van der Waals surface area contributed by atoms with Crippen LogP contribution in [0.5, 0.6) is 5.75 Å². The molecule has 1 atom stereocenters. The van der Waals surface area contributed by atoms with Crippen LogP contribution in [0, 0.1) is 12.3 Å². The molecule has 1 rings (SSSR count). The molecule has 0 fully saturated rings. The molecule has 2 heteroatoms. The van der Waals surface area contributed by atoms with Crippen LogP contribution >= 0.6 is 0 Å². The molecular formula is C14H23NO. The summed E-state index contributed by atoms with van der Waals surface area (Å²) in [7, 11) is 0. The smallest absolute Gasteiger partial charge is 0.124 e. The van der Waals surface area contributed by atoms with Gasteiger partial charge in [0, 0.05) is 11.6 Å². The van der Waals surface area contributed by atoms with E-state index in [9.17, 15) is 0 Å². The largest absolute Gasteiger partial charge is 0.494 e. The summed E-state index contributed by atoms with van der Waals surface area (Å²) in [6, 6.07) is 6.19.